The predicted molar refractivity (Wildman–Crippen MR) is 155 cm³/mol. The zero-order valence-corrected chi connectivity index (χ0v) is 21.0. The van der Waals surface area contributed by atoms with Crippen molar-refractivity contribution in [3.8, 4) is 11.5 Å². The van der Waals surface area contributed by atoms with E-state index in [2.05, 4.69) is 0 Å². The molecule has 0 radical (unpaired) electrons. The van der Waals surface area contributed by atoms with Gasteiger partial charge >= 0.3 is 8.38 Å². The predicted octanol–water partition coefficient (Wildman–Crippen LogP) is 8.28. The van der Waals surface area contributed by atoms with Gasteiger partial charge in [0, 0.05) is 12.4 Å². The molecule has 0 saturated heterocycles. The van der Waals surface area contributed by atoms with Crippen molar-refractivity contribution >= 4 is 37.5 Å². The smallest absolute Gasteiger partial charge is 0.326 e. The molecule has 5 aromatic carbocycles. The van der Waals surface area contributed by atoms with Crippen molar-refractivity contribution in [2.45, 2.75) is 0 Å². The van der Waals surface area contributed by atoms with Crippen LogP contribution in [0.5, 0.6) is 11.5 Å². The SMILES string of the molecule is C(=Nc1ccccc1OP(Oc1ccccc1N=Cc1ccccc1)c1ccccc1)c1ccccc1. The molecule has 0 aliphatic carbocycles. The lowest BCUT2D eigenvalue weighted by Crippen LogP contribution is -2.09. The molecule has 5 heteroatoms. The third-order valence-corrected chi connectivity index (χ3v) is 6.81. The molecule has 0 saturated carbocycles. The molecule has 0 heterocycles. The summed E-state index contributed by atoms with van der Waals surface area (Å²) in [5, 5.41) is 0.946. The van der Waals surface area contributed by atoms with Crippen molar-refractivity contribution in [3.05, 3.63) is 151 Å². The molecule has 0 aliphatic rings. The van der Waals surface area contributed by atoms with Gasteiger partial charge in [0.1, 0.15) is 11.4 Å². The van der Waals surface area contributed by atoms with Crippen molar-refractivity contribution in [1.82, 2.24) is 0 Å². The molecule has 0 aliphatic heterocycles. The highest BCUT2D eigenvalue weighted by molar-refractivity contribution is 7.56. The molecular formula is C32H25N2O2P. The lowest BCUT2D eigenvalue weighted by molar-refractivity contribution is 0.503. The number of nitrogens with zero attached hydrogens (tertiary/aromatic N) is 2. The van der Waals surface area contributed by atoms with Gasteiger partial charge in [-0.2, -0.15) is 0 Å². The fourth-order valence-electron chi connectivity index (χ4n) is 3.50. The molecule has 5 aromatic rings. The van der Waals surface area contributed by atoms with Crippen LogP contribution in [0.3, 0.4) is 0 Å². The second kappa shape index (κ2) is 12.4. The molecule has 0 unspecified atom stereocenters. The van der Waals surface area contributed by atoms with Crippen molar-refractivity contribution in [2.75, 3.05) is 0 Å². The van der Waals surface area contributed by atoms with Crippen LogP contribution in [0.1, 0.15) is 11.1 Å². The van der Waals surface area contributed by atoms with E-state index < -0.39 is 8.38 Å². The zero-order valence-electron chi connectivity index (χ0n) is 20.1. The van der Waals surface area contributed by atoms with Gasteiger partial charge in [0.05, 0.1) is 5.30 Å². The topological polar surface area (TPSA) is 43.2 Å². The zero-order chi connectivity index (χ0) is 25.1. The van der Waals surface area contributed by atoms with Gasteiger partial charge in [0.15, 0.2) is 11.5 Å². The highest BCUT2D eigenvalue weighted by Gasteiger charge is 2.21. The van der Waals surface area contributed by atoms with Crippen LogP contribution in [0, 0.1) is 0 Å². The minimum absolute atomic E-state index is 0.648. The normalized spacial score (nSPS) is 12.0. The van der Waals surface area contributed by atoms with Crippen LogP contribution in [0.2, 0.25) is 0 Å². The lowest BCUT2D eigenvalue weighted by atomic mass is 10.2. The molecule has 37 heavy (non-hydrogen) atoms. The lowest BCUT2D eigenvalue weighted by Gasteiger charge is -2.20. The van der Waals surface area contributed by atoms with Gasteiger partial charge in [-0.15, -0.1) is 0 Å². The van der Waals surface area contributed by atoms with Crippen molar-refractivity contribution in [1.29, 1.82) is 0 Å². The quantitative estimate of drug-likeness (QED) is 0.151. The van der Waals surface area contributed by atoms with E-state index >= 15 is 0 Å². The Kier molecular flexibility index (Phi) is 8.13. The Labute approximate surface area is 218 Å². The van der Waals surface area contributed by atoms with Gasteiger partial charge in [-0.3, -0.25) is 9.98 Å². The molecule has 180 valence electrons. The second-order valence-corrected chi connectivity index (χ2v) is 9.44. The minimum atomic E-state index is -1.52. The Morgan fingerprint density at radius 3 is 1.27 bits per heavy atom. The van der Waals surface area contributed by atoms with Crippen molar-refractivity contribution in [2.24, 2.45) is 9.98 Å². The van der Waals surface area contributed by atoms with Crippen LogP contribution in [-0.4, -0.2) is 12.4 Å². The molecule has 0 spiro atoms. The van der Waals surface area contributed by atoms with Crippen LogP contribution in [0.15, 0.2) is 150 Å². The Balaban J connectivity index is 1.44. The molecule has 0 fully saturated rings. The maximum atomic E-state index is 6.52. The maximum Gasteiger partial charge on any atom is 0.326 e. The van der Waals surface area contributed by atoms with Crippen LogP contribution < -0.4 is 14.4 Å². The fraction of sp³-hybridized carbons (Fsp3) is 0. The van der Waals surface area contributed by atoms with Gasteiger partial charge in [-0.25, -0.2) is 0 Å². The Morgan fingerprint density at radius 1 is 0.432 bits per heavy atom. The Bertz CT molecular complexity index is 1380. The van der Waals surface area contributed by atoms with E-state index in [0.29, 0.717) is 11.5 Å². The second-order valence-electron chi connectivity index (χ2n) is 8.05. The number of benzene rings is 5. The summed E-state index contributed by atoms with van der Waals surface area (Å²) in [5.74, 6) is 1.30. The van der Waals surface area contributed by atoms with Gasteiger partial charge in [-0.05, 0) is 47.5 Å². The third-order valence-electron chi connectivity index (χ3n) is 5.36. The summed E-state index contributed by atoms with van der Waals surface area (Å²) in [6.45, 7) is 0. The van der Waals surface area contributed by atoms with Gasteiger partial charge in [0.25, 0.3) is 0 Å². The van der Waals surface area contributed by atoms with Gasteiger partial charge in [-0.1, -0.05) is 103 Å². The van der Waals surface area contributed by atoms with E-state index in [0.717, 1.165) is 27.8 Å². The van der Waals surface area contributed by atoms with E-state index in [1.807, 2.05) is 152 Å². The van der Waals surface area contributed by atoms with E-state index in [9.17, 15) is 0 Å². The number of rotatable bonds is 9. The molecule has 4 nitrogen and oxygen atoms in total. The van der Waals surface area contributed by atoms with Gasteiger partial charge < -0.3 is 9.05 Å². The van der Waals surface area contributed by atoms with E-state index in [4.69, 9.17) is 19.0 Å². The first-order valence-corrected chi connectivity index (χ1v) is 13.1. The molecule has 0 bridgehead atoms. The first kappa shape index (κ1) is 24.2. The highest BCUT2D eigenvalue weighted by Crippen LogP contribution is 2.45. The van der Waals surface area contributed by atoms with Gasteiger partial charge in [0.2, 0.25) is 0 Å². The molecule has 0 amide bonds. The summed E-state index contributed by atoms with van der Waals surface area (Å²) < 4.78 is 13.0. The average molecular weight is 501 g/mol. The van der Waals surface area contributed by atoms with Crippen LogP contribution >= 0.6 is 8.38 Å². The highest BCUT2D eigenvalue weighted by atomic mass is 31.2. The monoisotopic (exact) mass is 500 g/mol. The molecular weight excluding hydrogens is 475 g/mol. The Hall–Kier alpha value is -4.53. The summed E-state index contributed by atoms with van der Waals surface area (Å²) in [6, 6.07) is 45.4. The molecule has 0 atom stereocenters. The number of para-hydroxylation sites is 4. The Morgan fingerprint density at radius 2 is 0.811 bits per heavy atom. The number of hydrogen-bond donors (Lipinski definition) is 0. The van der Waals surface area contributed by atoms with Crippen LogP contribution in [0.4, 0.5) is 11.4 Å². The fourth-order valence-corrected chi connectivity index (χ4v) is 4.83. The minimum Gasteiger partial charge on any atom is -0.433 e. The summed E-state index contributed by atoms with van der Waals surface area (Å²) >= 11 is 0. The van der Waals surface area contributed by atoms with E-state index in [-0.39, 0.29) is 0 Å². The summed E-state index contributed by atoms with van der Waals surface area (Å²) in [5.41, 5.74) is 3.50. The van der Waals surface area contributed by atoms with Crippen molar-refractivity contribution in [3.63, 3.8) is 0 Å². The van der Waals surface area contributed by atoms with Crippen molar-refractivity contribution < 1.29 is 9.05 Å². The van der Waals surface area contributed by atoms with E-state index in [1.54, 1.807) is 0 Å². The summed E-state index contributed by atoms with van der Waals surface area (Å²) in [7, 11) is -1.52. The molecule has 0 aromatic heterocycles. The largest absolute Gasteiger partial charge is 0.433 e. The summed E-state index contributed by atoms with van der Waals surface area (Å²) in [4.78, 5) is 9.38. The number of aliphatic imine (C=N–C) groups is 2. The maximum absolute atomic E-state index is 6.52. The average Bonchev–Trinajstić information content (AvgIpc) is 2.97. The molecule has 5 rings (SSSR count). The first-order chi connectivity index (χ1) is 18.3. The van der Waals surface area contributed by atoms with Crippen LogP contribution in [-0.2, 0) is 0 Å². The number of hydrogen-bond acceptors (Lipinski definition) is 4. The van der Waals surface area contributed by atoms with E-state index in [1.165, 1.54) is 0 Å². The molecule has 0 N–H and O–H groups in total. The first-order valence-electron chi connectivity index (χ1n) is 11.9. The third kappa shape index (κ3) is 6.78. The van der Waals surface area contributed by atoms with Crippen LogP contribution in [0.25, 0.3) is 0 Å². The summed E-state index contributed by atoms with van der Waals surface area (Å²) in [6.07, 6.45) is 3.67. The standard InChI is InChI=1S/C32H25N2O2P/c1-4-14-26(15-5-1)24-33-29-20-10-12-22-31(29)35-37(28-18-8-3-9-19-28)36-32-23-13-11-21-30(32)34-25-27-16-6-2-7-17-27/h1-25H.